The van der Waals surface area contributed by atoms with Gasteiger partial charge in [0.05, 0.1) is 22.1 Å². The average molecular weight is 390 g/mol. The minimum atomic E-state index is -3.65. The van der Waals surface area contributed by atoms with E-state index >= 15 is 0 Å². The molecule has 0 heterocycles. The van der Waals surface area contributed by atoms with Crippen molar-refractivity contribution in [1.29, 1.82) is 0 Å². The van der Waals surface area contributed by atoms with Crippen LogP contribution in [0.1, 0.15) is 0 Å². The summed E-state index contributed by atoms with van der Waals surface area (Å²) in [6.07, 6.45) is 0. The van der Waals surface area contributed by atoms with E-state index in [-0.39, 0.29) is 23.1 Å². The number of rotatable bonds is 7. The lowest BCUT2D eigenvalue weighted by Gasteiger charge is -2.18. The fourth-order valence-electron chi connectivity index (χ4n) is 1.90. The van der Waals surface area contributed by atoms with Crippen LogP contribution in [0.25, 0.3) is 0 Å². The van der Waals surface area contributed by atoms with Crippen molar-refractivity contribution in [2.75, 3.05) is 27.3 Å². The lowest BCUT2D eigenvalue weighted by atomic mass is 10.3. The first-order chi connectivity index (χ1) is 11.3. The molecule has 0 N–H and O–H groups in total. The van der Waals surface area contributed by atoms with Gasteiger partial charge < -0.3 is 9.47 Å². The van der Waals surface area contributed by atoms with Crippen LogP contribution in [0.3, 0.4) is 0 Å². The Hall–Kier alpha value is -1.47. The highest BCUT2D eigenvalue weighted by Crippen LogP contribution is 2.26. The van der Waals surface area contributed by atoms with Gasteiger partial charge in [-0.1, -0.05) is 23.2 Å². The van der Waals surface area contributed by atoms with Crippen LogP contribution in [0.15, 0.2) is 47.4 Å². The zero-order valence-electron chi connectivity index (χ0n) is 13.2. The summed E-state index contributed by atoms with van der Waals surface area (Å²) in [5.74, 6) is 1.36. The number of hydrogen-bond acceptors (Lipinski definition) is 4. The third kappa shape index (κ3) is 4.54. The highest BCUT2D eigenvalue weighted by Gasteiger charge is 2.21. The number of hydrogen-bond donors (Lipinski definition) is 0. The van der Waals surface area contributed by atoms with Crippen LogP contribution in [-0.2, 0) is 10.0 Å². The lowest BCUT2D eigenvalue weighted by molar-refractivity contribution is 0.286. The molecule has 0 bridgehead atoms. The van der Waals surface area contributed by atoms with Crippen molar-refractivity contribution >= 4 is 33.2 Å². The number of likely N-dealkylation sites (N-methyl/N-ethyl adjacent to an activating group) is 1. The van der Waals surface area contributed by atoms with Crippen molar-refractivity contribution in [3.05, 3.63) is 52.5 Å². The smallest absolute Gasteiger partial charge is 0.242 e. The summed E-state index contributed by atoms with van der Waals surface area (Å²) >= 11 is 11.7. The summed E-state index contributed by atoms with van der Waals surface area (Å²) in [4.78, 5) is 0.0869. The second-order valence-electron chi connectivity index (χ2n) is 4.93. The van der Waals surface area contributed by atoms with E-state index in [0.29, 0.717) is 10.8 Å². The molecule has 0 atom stereocenters. The highest BCUT2D eigenvalue weighted by atomic mass is 35.5. The van der Waals surface area contributed by atoms with Gasteiger partial charge >= 0.3 is 0 Å². The van der Waals surface area contributed by atoms with Crippen LogP contribution in [0, 0.1) is 0 Å². The van der Waals surface area contributed by atoms with E-state index in [0.717, 1.165) is 5.75 Å². The molecule has 0 fully saturated rings. The number of methoxy groups -OCH3 is 1. The van der Waals surface area contributed by atoms with Gasteiger partial charge in [0.25, 0.3) is 0 Å². The fourth-order valence-corrected chi connectivity index (χ4v) is 3.45. The summed E-state index contributed by atoms with van der Waals surface area (Å²) in [6, 6.07) is 11.3. The number of benzene rings is 2. The molecule has 0 saturated heterocycles. The molecule has 2 rings (SSSR count). The van der Waals surface area contributed by atoms with Gasteiger partial charge in [0, 0.05) is 13.6 Å². The molecule has 0 unspecified atom stereocenters. The second-order valence-corrected chi connectivity index (χ2v) is 7.79. The third-order valence-electron chi connectivity index (χ3n) is 3.33. The average Bonchev–Trinajstić information content (AvgIpc) is 2.57. The van der Waals surface area contributed by atoms with Gasteiger partial charge in [-0.3, -0.25) is 0 Å². The topological polar surface area (TPSA) is 55.8 Å². The number of halogens is 2. The molecule has 0 aliphatic rings. The molecule has 2 aromatic carbocycles. The van der Waals surface area contributed by atoms with Crippen molar-refractivity contribution in [1.82, 2.24) is 4.31 Å². The molecule has 0 aromatic heterocycles. The summed E-state index contributed by atoms with van der Waals surface area (Å²) < 4.78 is 36.8. The predicted octanol–water partition coefficient (Wildman–Crippen LogP) is 3.70. The van der Waals surface area contributed by atoms with E-state index in [2.05, 4.69) is 0 Å². The van der Waals surface area contributed by atoms with Crippen LogP contribution in [0.5, 0.6) is 11.5 Å². The monoisotopic (exact) mass is 389 g/mol. The van der Waals surface area contributed by atoms with E-state index in [1.54, 1.807) is 31.4 Å². The molecule has 8 heteroatoms. The molecular weight excluding hydrogens is 373 g/mol. The van der Waals surface area contributed by atoms with Crippen molar-refractivity contribution in [2.45, 2.75) is 4.90 Å². The van der Waals surface area contributed by atoms with E-state index < -0.39 is 10.0 Å². The zero-order chi connectivity index (χ0) is 17.7. The molecule has 0 aliphatic carbocycles. The summed E-state index contributed by atoms with van der Waals surface area (Å²) in [5.41, 5.74) is 0. The first-order valence-electron chi connectivity index (χ1n) is 7.03. The van der Waals surface area contributed by atoms with E-state index in [1.807, 2.05) is 0 Å². The Bertz CT molecular complexity index is 794. The number of sulfonamides is 1. The van der Waals surface area contributed by atoms with Crippen molar-refractivity contribution in [2.24, 2.45) is 0 Å². The lowest BCUT2D eigenvalue weighted by Crippen LogP contribution is -2.31. The molecule has 24 heavy (non-hydrogen) atoms. The Kier molecular flexibility index (Phi) is 6.34. The van der Waals surface area contributed by atoms with E-state index in [9.17, 15) is 8.42 Å². The zero-order valence-corrected chi connectivity index (χ0v) is 15.5. The molecule has 0 radical (unpaired) electrons. The minimum Gasteiger partial charge on any atom is -0.497 e. The molecule has 0 amide bonds. The molecule has 0 spiro atoms. The molecule has 130 valence electrons. The van der Waals surface area contributed by atoms with Gasteiger partial charge in [-0.2, -0.15) is 4.31 Å². The maximum Gasteiger partial charge on any atom is 0.242 e. The second kappa shape index (κ2) is 8.07. The first kappa shape index (κ1) is 18.9. The normalized spacial score (nSPS) is 11.5. The number of nitrogens with zero attached hydrogens (tertiary/aromatic N) is 1. The van der Waals surface area contributed by atoms with Crippen LogP contribution < -0.4 is 9.47 Å². The van der Waals surface area contributed by atoms with Gasteiger partial charge in [-0.25, -0.2) is 8.42 Å². The SMILES string of the molecule is COc1ccc(OCCN(C)S(=O)(=O)c2ccc(Cl)c(Cl)c2)cc1. The Morgan fingerprint density at radius 2 is 1.62 bits per heavy atom. The molecule has 0 aliphatic heterocycles. The molecular formula is C16H17Cl2NO4S. The number of ether oxygens (including phenoxy) is 2. The van der Waals surface area contributed by atoms with Crippen LogP contribution >= 0.6 is 23.2 Å². The van der Waals surface area contributed by atoms with Gasteiger partial charge in [-0.05, 0) is 42.5 Å². The Labute approximate surface area is 151 Å². The largest absolute Gasteiger partial charge is 0.497 e. The first-order valence-corrected chi connectivity index (χ1v) is 9.22. The van der Waals surface area contributed by atoms with E-state index in [1.165, 1.54) is 29.6 Å². The Morgan fingerprint density at radius 3 is 2.21 bits per heavy atom. The van der Waals surface area contributed by atoms with Crippen LogP contribution in [0.2, 0.25) is 10.0 Å². The highest BCUT2D eigenvalue weighted by molar-refractivity contribution is 7.89. The van der Waals surface area contributed by atoms with Gasteiger partial charge in [0.15, 0.2) is 0 Å². The maximum absolute atomic E-state index is 12.5. The minimum absolute atomic E-state index is 0.0869. The quantitative estimate of drug-likeness (QED) is 0.724. The molecule has 5 nitrogen and oxygen atoms in total. The van der Waals surface area contributed by atoms with Gasteiger partial charge in [0.2, 0.25) is 10.0 Å². The van der Waals surface area contributed by atoms with Gasteiger partial charge in [-0.15, -0.1) is 0 Å². The standard InChI is InChI=1S/C16H17Cl2NO4S/c1-19(9-10-23-13-5-3-12(22-2)4-6-13)24(20,21)14-7-8-15(17)16(18)11-14/h3-8,11H,9-10H2,1-2H3. The summed E-state index contributed by atoms with van der Waals surface area (Å²) in [6.45, 7) is 0.401. The van der Waals surface area contributed by atoms with Gasteiger partial charge in [0.1, 0.15) is 18.1 Å². The van der Waals surface area contributed by atoms with E-state index in [4.69, 9.17) is 32.7 Å². The van der Waals surface area contributed by atoms with Crippen molar-refractivity contribution < 1.29 is 17.9 Å². The van der Waals surface area contributed by atoms with Crippen molar-refractivity contribution in [3.8, 4) is 11.5 Å². The summed E-state index contributed by atoms with van der Waals surface area (Å²) in [7, 11) is -0.590. The predicted molar refractivity (Wildman–Crippen MR) is 94.8 cm³/mol. The van der Waals surface area contributed by atoms with Crippen molar-refractivity contribution in [3.63, 3.8) is 0 Å². The van der Waals surface area contributed by atoms with Crippen LogP contribution in [0.4, 0.5) is 0 Å². The van der Waals surface area contributed by atoms with Crippen LogP contribution in [-0.4, -0.2) is 40.0 Å². The third-order valence-corrected chi connectivity index (χ3v) is 5.93. The molecule has 0 saturated carbocycles. The fraction of sp³-hybridized carbons (Fsp3) is 0.250. The summed E-state index contributed by atoms with van der Waals surface area (Å²) in [5, 5.41) is 0.502. The maximum atomic E-state index is 12.5. The Morgan fingerprint density at radius 1 is 1.00 bits per heavy atom. The molecule has 2 aromatic rings. The Balaban J connectivity index is 1.97.